The summed E-state index contributed by atoms with van der Waals surface area (Å²) in [5, 5.41) is 0.398. The molecule has 0 saturated carbocycles. The molecule has 1 amide bonds. The summed E-state index contributed by atoms with van der Waals surface area (Å²) in [6.07, 6.45) is 2.17. The number of carbonyl (C=O) groups excluding carboxylic acids is 1. The van der Waals surface area contributed by atoms with E-state index < -0.39 is 0 Å². The number of anilines is 1. The highest BCUT2D eigenvalue weighted by Gasteiger charge is 2.27. The Balaban J connectivity index is 1.76. The third-order valence-corrected chi connectivity index (χ3v) is 3.88. The number of ether oxygens (including phenoxy) is 1. The van der Waals surface area contributed by atoms with Gasteiger partial charge in [-0.1, -0.05) is 11.3 Å². The van der Waals surface area contributed by atoms with Gasteiger partial charge in [0.2, 0.25) is 5.89 Å². The number of thiazole rings is 1. The summed E-state index contributed by atoms with van der Waals surface area (Å²) in [4.78, 5) is 22.8. The molecule has 0 aromatic carbocycles. The molecule has 0 atom stereocenters. The summed E-state index contributed by atoms with van der Waals surface area (Å²) in [7, 11) is 1.59. The smallest absolute Gasteiger partial charge is 0.266 e. The van der Waals surface area contributed by atoms with Gasteiger partial charge >= 0.3 is 0 Å². The van der Waals surface area contributed by atoms with E-state index in [1.54, 1.807) is 12.0 Å². The average molecular weight is 294 g/mol. The Morgan fingerprint density at radius 1 is 1.65 bits per heavy atom. The second-order valence-electron chi connectivity index (χ2n) is 4.45. The Bertz CT molecular complexity index is 636. The van der Waals surface area contributed by atoms with Gasteiger partial charge in [-0.15, -0.1) is 0 Å². The fourth-order valence-electron chi connectivity index (χ4n) is 2.15. The highest BCUT2D eigenvalue weighted by atomic mass is 32.1. The fraction of sp³-hybridized carbons (Fsp3) is 0.417. The van der Waals surface area contributed by atoms with E-state index in [9.17, 15) is 4.79 Å². The zero-order valence-corrected chi connectivity index (χ0v) is 11.8. The predicted octanol–water partition coefficient (Wildman–Crippen LogP) is 1.06. The van der Waals surface area contributed by atoms with Crippen LogP contribution in [0.15, 0.2) is 10.6 Å². The number of nitrogen functional groups attached to an aromatic ring is 1. The van der Waals surface area contributed by atoms with Gasteiger partial charge in [0.15, 0.2) is 5.13 Å². The summed E-state index contributed by atoms with van der Waals surface area (Å²) in [5.74, 6) is 1.32. The van der Waals surface area contributed by atoms with E-state index in [-0.39, 0.29) is 5.91 Å². The molecule has 0 aliphatic carbocycles. The summed E-state index contributed by atoms with van der Waals surface area (Å²) in [6.45, 7) is 1.39. The molecule has 3 rings (SSSR count). The van der Waals surface area contributed by atoms with Gasteiger partial charge in [-0.3, -0.25) is 4.79 Å². The minimum absolute atomic E-state index is 0.0684. The van der Waals surface area contributed by atoms with Crippen LogP contribution in [0.25, 0.3) is 0 Å². The predicted molar refractivity (Wildman–Crippen MR) is 72.2 cm³/mol. The van der Waals surface area contributed by atoms with Gasteiger partial charge in [-0.05, 0) is 0 Å². The normalized spacial score (nSPS) is 14.3. The van der Waals surface area contributed by atoms with Gasteiger partial charge in [0.25, 0.3) is 5.91 Å². The average Bonchev–Trinajstić information content (AvgIpc) is 3.03. The molecule has 8 heteroatoms. The van der Waals surface area contributed by atoms with Crippen LogP contribution in [0, 0.1) is 0 Å². The van der Waals surface area contributed by atoms with Gasteiger partial charge in [-0.2, -0.15) is 0 Å². The van der Waals surface area contributed by atoms with Crippen LogP contribution in [0.5, 0.6) is 0 Å². The van der Waals surface area contributed by atoms with Crippen LogP contribution in [0.4, 0.5) is 5.13 Å². The monoisotopic (exact) mass is 294 g/mol. The first-order chi connectivity index (χ1) is 9.67. The fourth-order valence-corrected chi connectivity index (χ4v) is 2.81. The molecule has 0 bridgehead atoms. The van der Waals surface area contributed by atoms with Crippen molar-refractivity contribution in [1.29, 1.82) is 0 Å². The number of amides is 1. The standard InChI is InChI=1S/C12H14N4O3S/c1-18-6-10-15-7-5-16(3-2-8(7)19-10)11(17)9-4-14-12(13)20-9/h4H,2-3,5-6H2,1H3,(H2,13,14). The number of hydrogen-bond donors (Lipinski definition) is 1. The minimum Gasteiger partial charge on any atom is -0.443 e. The number of hydrogen-bond acceptors (Lipinski definition) is 7. The molecule has 7 nitrogen and oxygen atoms in total. The first-order valence-electron chi connectivity index (χ1n) is 6.14. The molecule has 2 N–H and O–H groups in total. The number of aromatic nitrogens is 2. The van der Waals surface area contributed by atoms with E-state index >= 15 is 0 Å². The molecule has 20 heavy (non-hydrogen) atoms. The van der Waals surface area contributed by atoms with Crippen LogP contribution in [0.2, 0.25) is 0 Å². The third-order valence-electron chi connectivity index (χ3n) is 3.06. The lowest BCUT2D eigenvalue weighted by atomic mass is 10.1. The highest BCUT2D eigenvalue weighted by Crippen LogP contribution is 2.23. The van der Waals surface area contributed by atoms with Crippen molar-refractivity contribution in [3.05, 3.63) is 28.4 Å². The molecule has 0 radical (unpaired) electrons. The highest BCUT2D eigenvalue weighted by molar-refractivity contribution is 7.17. The van der Waals surface area contributed by atoms with Crippen molar-refractivity contribution in [3.8, 4) is 0 Å². The van der Waals surface area contributed by atoms with Crippen LogP contribution in [-0.4, -0.2) is 34.4 Å². The summed E-state index contributed by atoms with van der Waals surface area (Å²) in [5.41, 5.74) is 6.35. The summed E-state index contributed by atoms with van der Waals surface area (Å²) < 4.78 is 10.6. The SMILES string of the molecule is COCc1nc2c(o1)CCN(C(=O)c1cnc(N)s1)C2. The second kappa shape index (κ2) is 5.22. The van der Waals surface area contributed by atoms with Crippen LogP contribution in [0.3, 0.4) is 0 Å². The van der Waals surface area contributed by atoms with E-state index in [2.05, 4.69) is 9.97 Å². The zero-order chi connectivity index (χ0) is 14.1. The van der Waals surface area contributed by atoms with E-state index in [1.165, 1.54) is 17.5 Å². The molecule has 0 saturated heterocycles. The lowest BCUT2D eigenvalue weighted by Crippen LogP contribution is -2.35. The molecule has 1 aliphatic heterocycles. The Hall–Kier alpha value is -1.93. The number of fused-ring (bicyclic) bond motifs is 1. The topological polar surface area (TPSA) is 94.5 Å². The summed E-state index contributed by atoms with van der Waals surface area (Å²) >= 11 is 1.20. The molecule has 2 aromatic heterocycles. The number of oxazole rings is 1. The minimum atomic E-state index is -0.0684. The largest absolute Gasteiger partial charge is 0.443 e. The lowest BCUT2D eigenvalue weighted by Gasteiger charge is -2.24. The molecular formula is C12H14N4O3S. The lowest BCUT2D eigenvalue weighted by molar-refractivity contribution is 0.0732. The van der Waals surface area contributed by atoms with Crippen LogP contribution in [0.1, 0.15) is 27.0 Å². The maximum Gasteiger partial charge on any atom is 0.266 e. The zero-order valence-electron chi connectivity index (χ0n) is 11.0. The van der Waals surface area contributed by atoms with Crippen molar-refractivity contribution in [2.24, 2.45) is 0 Å². The number of nitrogens with two attached hydrogens (primary N) is 1. The van der Waals surface area contributed by atoms with Crippen LogP contribution >= 0.6 is 11.3 Å². The van der Waals surface area contributed by atoms with Gasteiger partial charge in [0.05, 0.1) is 12.7 Å². The molecule has 3 heterocycles. The van der Waals surface area contributed by atoms with E-state index in [4.69, 9.17) is 14.9 Å². The Kier molecular flexibility index (Phi) is 3.41. The van der Waals surface area contributed by atoms with Crippen molar-refractivity contribution in [1.82, 2.24) is 14.9 Å². The van der Waals surface area contributed by atoms with Crippen molar-refractivity contribution >= 4 is 22.4 Å². The number of methoxy groups -OCH3 is 1. The van der Waals surface area contributed by atoms with E-state index in [0.717, 1.165) is 11.5 Å². The number of carbonyl (C=O) groups is 1. The van der Waals surface area contributed by atoms with Crippen molar-refractivity contribution in [3.63, 3.8) is 0 Å². The van der Waals surface area contributed by atoms with E-state index in [0.29, 0.717) is 42.0 Å². The van der Waals surface area contributed by atoms with Gasteiger partial charge in [0, 0.05) is 20.1 Å². The number of nitrogens with zero attached hydrogens (tertiary/aromatic N) is 3. The molecule has 1 aliphatic rings. The van der Waals surface area contributed by atoms with Gasteiger partial charge in [-0.25, -0.2) is 9.97 Å². The first-order valence-corrected chi connectivity index (χ1v) is 6.96. The number of rotatable bonds is 3. The molecular weight excluding hydrogens is 280 g/mol. The van der Waals surface area contributed by atoms with Crippen molar-refractivity contribution < 1.29 is 13.9 Å². The van der Waals surface area contributed by atoms with E-state index in [1.807, 2.05) is 0 Å². The Morgan fingerprint density at radius 2 is 2.50 bits per heavy atom. The molecule has 0 spiro atoms. The maximum absolute atomic E-state index is 12.3. The first kappa shape index (κ1) is 13.1. The second-order valence-corrected chi connectivity index (χ2v) is 5.51. The third kappa shape index (κ3) is 2.39. The maximum atomic E-state index is 12.3. The van der Waals surface area contributed by atoms with Crippen molar-refractivity contribution in [2.75, 3.05) is 19.4 Å². The van der Waals surface area contributed by atoms with Crippen LogP contribution in [-0.2, 0) is 24.3 Å². The van der Waals surface area contributed by atoms with Gasteiger partial charge in [0.1, 0.15) is 22.9 Å². The van der Waals surface area contributed by atoms with Gasteiger partial charge < -0.3 is 19.8 Å². The molecule has 0 unspecified atom stereocenters. The molecule has 106 valence electrons. The Morgan fingerprint density at radius 3 is 3.20 bits per heavy atom. The Labute approximate surface area is 119 Å². The molecule has 0 fully saturated rings. The van der Waals surface area contributed by atoms with Crippen LogP contribution < -0.4 is 5.73 Å². The molecule has 2 aromatic rings. The quantitative estimate of drug-likeness (QED) is 0.909. The summed E-state index contributed by atoms with van der Waals surface area (Å²) in [6, 6.07) is 0. The van der Waals surface area contributed by atoms with Crippen molar-refractivity contribution in [2.45, 2.75) is 19.6 Å².